The van der Waals surface area contributed by atoms with Gasteiger partial charge in [-0.3, -0.25) is 9.59 Å². The number of rotatable bonds is 7. The number of anilines is 1. The third-order valence-electron chi connectivity index (χ3n) is 6.00. The van der Waals surface area contributed by atoms with Crippen molar-refractivity contribution in [3.63, 3.8) is 0 Å². The molecule has 2 aromatic heterocycles. The van der Waals surface area contributed by atoms with Crippen LogP contribution in [0.4, 0.5) is 5.69 Å². The molecule has 3 aromatic carbocycles. The van der Waals surface area contributed by atoms with Crippen LogP contribution in [0, 0.1) is 13.8 Å². The van der Waals surface area contributed by atoms with Crippen molar-refractivity contribution in [1.82, 2.24) is 5.16 Å². The number of amides is 1. The summed E-state index contributed by atoms with van der Waals surface area (Å²) in [6.07, 6.45) is 0. The number of hydrogen-bond acceptors (Lipinski definition) is 6. The van der Waals surface area contributed by atoms with E-state index in [2.05, 4.69) is 10.5 Å². The van der Waals surface area contributed by atoms with Crippen molar-refractivity contribution in [1.29, 1.82) is 0 Å². The van der Waals surface area contributed by atoms with Gasteiger partial charge in [-0.1, -0.05) is 29.4 Å². The number of hydrogen-bond donors (Lipinski definition) is 1. The van der Waals surface area contributed by atoms with E-state index in [0.29, 0.717) is 34.6 Å². The lowest BCUT2D eigenvalue weighted by Crippen LogP contribution is -2.14. The normalized spacial score (nSPS) is 11.0. The number of fused-ring (bicyclic) bond motifs is 1. The zero-order chi connectivity index (χ0) is 25.2. The largest absolute Gasteiger partial charge is 0.494 e. The van der Waals surface area contributed by atoms with Gasteiger partial charge in [-0.25, -0.2) is 0 Å². The molecule has 2 heterocycles. The highest BCUT2D eigenvalue weighted by molar-refractivity contribution is 6.18. The molecule has 0 aliphatic rings. The molecule has 0 fully saturated rings. The van der Waals surface area contributed by atoms with Gasteiger partial charge in [-0.2, -0.15) is 0 Å². The number of carbonyl (C=O) groups is 2. The summed E-state index contributed by atoms with van der Waals surface area (Å²) in [6, 6.07) is 21.4. The van der Waals surface area contributed by atoms with Crippen molar-refractivity contribution in [3.05, 3.63) is 101 Å². The highest BCUT2D eigenvalue weighted by atomic mass is 16.5. The van der Waals surface area contributed by atoms with Gasteiger partial charge in [0.25, 0.3) is 5.91 Å². The summed E-state index contributed by atoms with van der Waals surface area (Å²) in [5, 5.41) is 7.37. The average molecular weight is 481 g/mol. The molecular formula is C29H24N2O5. The minimum Gasteiger partial charge on any atom is -0.494 e. The van der Waals surface area contributed by atoms with Crippen molar-refractivity contribution >= 4 is 28.3 Å². The fourth-order valence-corrected chi connectivity index (χ4v) is 3.92. The minimum absolute atomic E-state index is 0.0339. The highest BCUT2D eigenvalue weighted by Crippen LogP contribution is 2.33. The second kappa shape index (κ2) is 9.54. The first-order valence-electron chi connectivity index (χ1n) is 11.6. The Morgan fingerprint density at radius 1 is 0.944 bits per heavy atom. The lowest BCUT2D eigenvalue weighted by atomic mass is 10.0. The summed E-state index contributed by atoms with van der Waals surface area (Å²) in [4.78, 5) is 26.5. The topological polar surface area (TPSA) is 94.6 Å². The molecule has 0 saturated heterocycles. The summed E-state index contributed by atoms with van der Waals surface area (Å²) in [6.45, 7) is 6.46. The van der Waals surface area contributed by atoms with Crippen LogP contribution in [0.15, 0.2) is 81.7 Å². The van der Waals surface area contributed by atoms with Gasteiger partial charge in [-0.15, -0.1) is 0 Å². The van der Waals surface area contributed by atoms with E-state index in [-0.39, 0.29) is 22.9 Å². The zero-order valence-corrected chi connectivity index (χ0v) is 20.1. The predicted molar refractivity (Wildman–Crippen MR) is 137 cm³/mol. The van der Waals surface area contributed by atoms with E-state index in [9.17, 15) is 9.59 Å². The number of furan rings is 1. The summed E-state index contributed by atoms with van der Waals surface area (Å²) in [5.74, 6) is 0.303. The smallest absolute Gasteiger partial charge is 0.277 e. The lowest BCUT2D eigenvalue weighted by Gasteiger charge is -2.06. The van der Waals surface area contributed by atoms with E-state index in [1.807, 2.05) is 45.0 Å². The second-order valence-electron chi connectivity index (χ2n) is 8.42. The van der Waals surface area contributed by atoms with Crippen molar-refractivity contribution in [3.8, 4) is 17.1 Å². The Kier molecular flexibility index (Phi) is 6.12. The maximum Gasteiger partial charge on any atom is 0.277 e. The number of aromatic nitrogens is 1. The molecule has 1 amide bonds. The monoisotopic (exact) mass is 480 g/mol. The van der Waals surface area contributed by atoms with E-state index in [1.54, 1.807) is 48.5 Å². The third kappa shape index (κ3) is 4.38. The molecule has 0 spiro atoms. The molecule has 5 rings (SSSR count). The number of ketones is 1. The first kappa shape index (κ1) is 23.1. The maximum absolute atomic E-state index is 13.4. The SMILES string of the molecule is CCOc1ccc(C(=O)c2oc3ccccc3c2NC(=O)c2cc(-c3ccc(C)c(C)c3)on2)cc1. The van der Waals surface area contributed by atoms with Gasteiger partial charge >= 0.3 is 0 Å². The molecule has 0 radical (unpaired) electrons. The predicted octanol–water partition coefficient (Wildman–Crippen LogP) is 6.59. The number of carbonyl (C=O) groups excluding carboxylic acids is 2. The van der Waals surface area contributed by atoms with Crippen LogP contribution in [0.5, 0.6) is 5.75 Å². The van der Waals surface area contributed by atoms with Crippen molar-refractivity contribution in [2.45, 2.75) is 20.8 Å². The van der Waals surface area contributed by atoms with Crippen molar-refractivity contribution in [2.75, 3.05) is 11.9 Å². The van der Waals surface area contributed by atoms with Gasteiger partial charge in [0.05, 0.1) is 12.3 Å². The Bertz CT molecular complexity index is 1580. The van der Waals surface area contributed by atoms with Crippen LogP contribution in [0.1, 0.15) is 44.7 Å². The van der Waals surface area contributed by atoms with Gasteiger partial charge in [-0.05, 0) is 74.4 Å². The van der Waals surface area contributed by atoms with Crippen molar-refractivity contribution < 1.29 is 23.3 Å². The molecule has 0 atom stereocenters. The highest BCUT2D eigenvalue weighted by Gasteiger charge is 2.25. The zero-order valence-electron chi connectivity index (χ0n) is 20.1. The molecule has 0 unspecified atom stereocenters. The van der Waals surface area contributed by atoms with Crippen LogP contribution >= 0.6 is 0 Å². The van der Waals surface area contributed by atoms with Gasteiger partial charge < -0.3 is 19.0 Å². The molecule has 180 valence electrons. The molecule has 0 aliphatic carbocycles. The Labute approximate surface area is 207 Å². The molecule has 0 saturated carbocycles. The van der Waals surface area contributed by atoms with Crippen LogP contribution in [-0.2, 0) is 0 Å². The summed E-state index contributed by atoms with van der Waals surface area (Å²) in [7, 11) is 0. The number of aryl methyl sites for hydroxylation is 2. The fraction of sp³-hybridized carbons (Fsp3) is 0.138. The standard InChI is InChI=1S/C29H24N2O5/c1-4-34-21-13-11-19(12-14-21)27(32)28-26(22-7-5-6-8-24(22)35-28)30-29(33)23-16-25(36-31-23)20-10-9-17(2)18(3)15-20/h5-16H,4H2,1-3H3,(H,30,33). The van der Waals surface area contributed by atoms with Gasteiger partial charge in [0, 0.05) is 22.6 Å². The van der Waals surface area contributed by atoms with Crippen molar-refractivity contribution in [2.24, 2.45) is 0 Å². The molecular weight excluding hydrogens is 456 g/mol. The molecule has 0 aliphatic heterocycles. The number of nitrogens with zero attached hydrogens (tertiary/aromatic N) is 1. The first-order valence-corrected chi connectivity index (χ1v) is 11.6. The molecule has 7 heteroatoms. The maximum atomic E-state index is 13.4. The summed E-state index contributed by atoms with van der Waals surface area (Å²) >= 11 is 0. The fourth-order valence-electron chi connectivity index (χ4n) is 3.92. The third-order valence-corrected chi connectivity index (χ3v) is 6.00. The minimum atomic E-state index is -0.513. The van der Waals surface area contributed by atoms with Gasteiger partial charge in [0.2, 0.25) is 5.78 Å². The number of para-hydroxylation sites is 1. The van der Waals surface area contributed by atoms with E-state index in [4.69, 9.17) is 13.7 Å². The van der Waals surface area contributed by atoms with Crippen LogP contribution in [0.25, 0.3) is 22.3 Å². The Balaban J connectivity index is 1.46. The summed E-state index contributed by atoms with van der Waals surface area (Å²) < 4.78 is 16.8. The van der Waals surface area contributed by atoms with Crippen LogP contribution in [0.2, 0.25) is 0 Å². The van der Waals surface area contributed by atoms with E-state index >= 15 is 0 Å². The van der Waals surface area contributed by atoms with E-state index < -0.39 is 5.91 Å². The number of nitrogens with one attached hydrogen (secondary N) is 1. The van der Waals surface area contributed by atoms with Crippen LogP contribution < -0.4 is 10.1 Å². The van der Waals surface area contributed by atoms with Gasteiger partial charge in [0.1, 0.15) is 11.3 Å². The Hall–Kier alpha value is -4.65. The van der Waals surface area contributed by atoms with E-state index in [1.165, 1.54) is 0 Å². The molecule has 7 nitrogen and oxygen atoms in total. The molecule has 1 N–H and O–H groups in total. The lowest BCUT2D eigenvalue weighted by molar-refractivity contribution is 0.101. The Morgan fingerprint density at radius 3 is 2.47 bits per heavy atom. The molecule has 36 heavy (non-hydrogen) atoms. The second-order valence-corrected chi connectivity index (χ2v) is 8.42. The first-order chi connectivity index (χ1) is 17.4. The Morgan fingerprint density at radius 2 is 1.72 bits per heavy atom. The van der Waals surface area contributed by atoms with Crippen LogP contribution in [0.3, 0.4) is 0 Å². The van der Waals surface area contributed by atoms with Gasteiger partial charge in [0.15, 0.2) is 17.2 Å². The molecule has 0 bridgehead atoms. The molecule has 5 aromatic rings. The number of ether oxygens (including phenoxy) is 1. The summed E-state index contributed by atoms with van der Waals surface area (Å²) in [5.41, 5.74) is 4.36. The quantitative estimate of drug-likeness (QED) is 0.264. The van der Waals surface area contributed by atoms with E-state index in [0.717, 1.165) is 16.7 Å². The average Bonchev–Trinajstić information content (AvgIpc) is 3.52. The number of benzene rings is 3. The van der Waals surface area contributed by atoms with Crippen LogP contribution in [-0.4, -0.2) is 23.5 Å².